The van der Waals surface area contributed by atoms with Crippen LogP contribution in [0.3, 0.4) is 0 Å². The Bertz CT molecular complexity index is 883. The van der Waals surface area contributed by atoms with E-state index in [-0.39, 0.29) is 12.1 Å². The Balaban J connectivity index is 2.25. The molecule has 0 bridgehead atoms. The highest BCUT2D eigenvalue weighted by atomic mass is 16.1. The molecule has 0 saturated carbocycles. The minimum absolute atomic E-state index is 0.202. The molecule has 3 N–H and O–H groups in total. The van der Waals surface area contributed by atoms with Gasteiger partial charge in [0.1, 0.15) is 0 Å². The Morgan fingerprint density at radius 3 is 2.67 bits per heavy atom. The second kappa shape index (κ2) is 5.10. The van der Waals surface area contributed by atoms with Gasteiger partial charge in [-0.05, 0) is 43.2 Å². The maximum absolute atomic E-state index is 11.8. The molecule has 0 amide bonds. The van der Waals surface area contributed by atoms with Gasteiger partial charge in [0.15, 0.2) is 0 Å². The fourth-order valence-corrected chi connectivity index (χ4v) is 2.36. The van der Waals surface area contributed by atoms with Crippen molar-refractivity contribution >= 4 is 10.8 Å². The van der Waals surface area contributed by atoms with Gasteiger partial charge in [-0.2, -0.15) is 5.10 Å². The van der Waals surface area contributed by atoms with E-state index < -0.39 is 0 Å². The van der Waals surface area contributed by atoms with Gasteiger partial charge in [-0.25, -0.2) is 5.10 Å². The number of hydrogen-bond donors (Lipinski definition) is 2. The monoisotopic (exact) mass is 280 g/mol. The molecule has 106 valence electrons. The van der Waals surface area contributed by atoms with Crippen molar-refractivity contribution in [1.82, 2.24) is 15.2 Å². The highest BCUT2D eigenvalue weighted by Gasteiger charge is 2.08. The zero-order valence-electron chi connectivity index (χ0n) is 12.0. The Morgan fingerprint density at radius 1 is 1.14 bits per heavy atom. The van der Waals surface area contributed by atoms with Gasteiger partial charge in [0, 0.05) is 29.4 Å². The maximum atomic E-state index is 11.8. The van der Waals surface area contributed by atoms with E-state index in [1.54, 1.807) is 6.07 Å². The number of H-pyrrole nitrogens is 1. The van der Waals surface area contributed by atoms with Gasteiger partial charge >= 0.3 is 0 Å². The first-order chi connectivity index (χ1) is 10.1. The summed E-state index contributed by atoms with van der Waals surface area (Å²) in [6.45, 7) is 4.29. The van der Waals surface area contributed by atoms with E-state index in [2.05, 4.69) is 21.2 Å². The molecule has 21 heavy (non-hydrogen) atoms. The van der Waals surface area contributed by atoms with E-state index in [4.69, 9.17) is 5.73 Å². The van der Waals surface area contributed by atoms with Crippen LogP contribution in [-0.4, -0.2) is 15.2 Å². The van der Waals surface area contributed by atoms with E-state index in [0.717, 1.165) is 27.8 Å². The van der Waals surface area contributed by atoms with E-state index in [1.807, 2.05) is 32.2 Å². The van der Waals surface area contributed by atoms with Crippen LogP contribution in [0.1, 0.15) is 17.0 Å². The van der Waals surface area contributed by atoms with Crippen LogP contribution >= 0.6 is 0 Å². The molecule has 0 aliphatic rings. The molecule has 0 fully saturated rings. The van der Waals surface area contributed by atoms with Crippen LogP contribution in [0.25, 0.3) is 21.9 Å². The second-order valence-electron chi connectivity index (χ2n) is 5.09. The molecule has 0 saturated heterocycles. The predicted molar refractivity (Wildman–Crippen MR) is 83.0 cm³/mol. The van der Waals surface area contributed by atoms with Crippen LogP contribution in [0.4, 0.5) is 0 Å². The summed E-state index contributed by atoms with van der Waals surface area (Å²) in [7, 11) is 0. The average Bonchev–Trinajstić information content (AvgIpc) is 2.50. The number of nitrogens with two attached hydrogens (primary N) is 1. The molecular weight excluding hydrogens is 264 g/mol. The van der Waals surface area contributed by atoms with Crippen molar-refractivity contribution < 1.29 is 0 Å². The third-order valence-electron chi connectivity index (χ3n) is 3.73. The summed E-state index contributed by atoms with van der Waals surface area (Å²) in [5, 5.41) is 7.88. The first kappa shape index (κ1) is 13.5. The Labute approximate surface area is 121 Å². The fraction of sp³-hybridized carbons (Fsp3) is 0.188. The number of aromatic amines is 1. The van der Waals surface area contributed by atoms with Crippen molar-refractivity contribution in [2.45, 2.75) is 20.4 Å². The zero-order chi connectivity index (χ0) is 15.0. The molecular formula is C16H16N4O. The van der Waals surface area contributed by atoms with E-state index in [1.165, 1.54) is 0 Å². The van der Waals surface area contributed by atoms with Gasteiger partial charge in [0.25, 0.3) is 5.56 Å². The van der Waals surface area contributed by atoms with Crippen LogP contribution in [0.15, 0.2) is 35.3 Å². The van der Waals surface area contributed by atoms with Crippen LogP contribution in [-0.2, 0) is 6.54 Å². The van der Waals surface area contributed by atoms with Gasteiger partial charge in [-0.15, -0.1) is 0 Å². The van der Waals surface area contributed by atoms with Crippen molar-refractivity contribution in [2.75, 3.05) is 0 Å². The van der Waals surface area contributed by atoms with Gasteiger partial charge in [0.2, 0.25) is 0 Å². The summed E-state index contributed by atoms with van der Waals surface area (Å²) < 4.78 is 0. The average molecular weight is 280 g/mol. The number of benzene rings is 1. The Hall–Kier alpha value is -2.53. The standard InChI is InChI=1S/C16H16N4O/c1-9-5-12(8-18-10(9)2)11-3-4-13-14(6-11)15(7-17)19-20-16(13)21/h3-6,8H,7,17H2,1-2H3,(H,20,21). The lowest BCUT2D eigenvalue weighted by Gasteiger charge is -2.08. The molecule has 0 unspecified atom stereocenters. The van der Waals surface area contributed by atoms with Crippen molar-refractivity contribution in [3.63, 3.8) is 0 Å². The molecule has 0 aliphatic heterocycles. The smallest absolute Gasteiger partial charge is 0.272 e. The van der Waals surface area contributed by atoms with Crippen LogP contribution in [0, 0.1) is 13.8 Å². The third kappa shape index (κ3) is 2.32. The fourth-order valence-electron chi connectivity index (χ4n) is 2.36. The molecule has 0 aliphatic carbocycles. The van der Waals surface area contributed by atoms with Gasteiger partial charge in [0.05, 0.1) is 11.1 Å². The van der Waals surface area contributed by atoms with Gasteiger partial charge in [-0.1, -0.05) is 6.07 Å². The first-order valence-electron chi connectivity index (χ1n) is 6.75. The summed E-state index contributed by atoms with van der Waals surface area (Å²) in [4.78, 5) is 16.2. The molecule has 5 nitrogen and oxygen atoms in total. The first-order valence-corrected chi connectivity index (χ1v) is 6.75. The third-order valence-corrected chi connectivity index (χ3v) is 3.73. The normalized spacial score (nSPS) is 11.0. The van der Waals surface area contributed by atoms with Crippen molar-refractivity contribution in [2.24, 2.45) is 5.73 Å². The minimum Gasteiger partial charge on any atom is -0.325 e. The summed E-state index contributed by atoms with van der Waals surface area (Å²) in [6, 6.07) is 7.76. The number of aromatic nitrogens is 3. The number of rotatable bonds is 2. The van der Waals surface area contributed by atoms with E-state index >= 15 is 0 Å². The van der Waals surface area contributed by atoms with Crippen LogP contribution in [0.2, 0.25) is 0 Å². The SMILES string of the molecule is Cc1cc(-c2ccc3c(=O)[nH]nc(CN)c3c2)cnc1C. The molecule has 5 heteroatoms. The summed E-state index contributed by atoms with van der Waals surface area (Å²) in [6.07, 6.45) is 1.84. The lowest BCUT2D eigenvalue weighted by Crippen LogP contribution is -2.13. The summed E-state index contributed by atoms with van der Waals surface area (Å²) in [5.41, 5.74) is 10.3. The van der Waals surface area contributed by atoms with Crippen LogP contribution in [0.5, 0.6) is 0 Å². The molecule has 2 aromatic heterocycles. The quantitative estimate of drug-likeness (QED) is 0.752. The molecule has 0 radical (unpaired) electrons. The van der Waals surface area contributed by atoms with E-state index in [0.29, 0.717) is 11.1 Å². The number of pyridine rings is 1. The van der Waals surface area contributed by atoms with Crippen LogP contribution < -0.4 is 11.3 Å². The Kier molecular flexibility index (Phi) is 3.27. The molecule has 0 atom stereocenters. The van der Waals surface area contributed by atoms with Gasteiger partial charge in [-0.3, -0.25) is 9.78 Å². The summed E-state index contributed by atoms with van der Waals surface area (Å²) >= 11 is 0. The molecule has 1 aromatic carbocycles. The number of aryl methyl sites for hydroxylation is 2. The number of fused-ring (bicyclic) bond motifs is 1. The molecule has 2 heterocycles. The van der Waals surface area contributed by atoms with E-state index in [9.17, 15) is 4.79 Å². The Morgan fingerprint density at radius 2 is 1.95 bits per heavy atom. The maximum Gasteiger partial charge on any atom is 0.272 e. The number of hydrogen-bond acceptors (Lipinski definition) is 4. The highest BCUT2D eigenvalue weighted by Crippen LogP contribution is 2.25. The van der Waals surface area contributed by atoms with Crippen molar-refractivity contribution in [3.05, 3.63) is 57.8 Å². The largest absolute Gasteiger partial charge is 0.325 e. The topological polar surface area (TPSA) is 84.7 Å². The lowest BCUT2D eigenvalue weighted by molar-refractivity contribution is 0.900. The lowest BCUT2D eigenvalue weighted by atomic mass is 10.0. The molecule has 0 spiro atoms. The van der Waals surface area contributed by atoms with Crippen molar-refractivity contribution in [3.8, 4) is 11.1 Å². The zero-order valence-corrected chi connectivity index (χ0v) is 12.0. The summed E-state index contributed by atoms with van der Waals surface area (Å²) in [5.74, 6) is 0. The minimum atomic E-state index is -0.202. The predicted octanol–water partition coefficient (Wildman–Crippen LogP) is 2.06. The molecule has 3 aromatic rings. The molecule has 3 rings (SSSR count). The second-order valence-corrected chi connectivity index (χ2v) is 5.09. The van der Waals surface area contributed by atoms with Crippen molar-refractivity contribution in [1.29, 1.82) is 0 Å². The number of nitrogens with one attached hydrogen (secondary N) is 1. The highest BCUT2D eigenvalue weighted by molar-refractivity contribution is 5.88. The van der Waals surface area contributed by atoms with Gasteiger partial charge < -0.3 is 5.73 Å². The number of nitrogens with zero attached hydrogens (tertiary/aromatic N) is 2.